The minimum atomic E-state index is -0.393. The molecule has 0 unspecified atom stereocenters. The number of nitrogens with zero attached hydrogens (tertiary/aromatic N) is 2. The molecule has 2 heterocycles. The SMILES string of the molecule is Cc1ccccc1-n1c(=O)cc(N2CC[NH+](Cc3ccccc3)CC2)[nH]c1=O. The topological polar surface area (TPSA) is 62.5 Å². The van der Waals surface area contributed by atoms with Gasteiger partial charge in [0, 0.05) is 11.6 Å². The van der Waals surface area contributed by atoms with Crippen LogP contribution >= 0.6 is 0 Å². The Morgan fingerprint density at radius 1 is 0.964 bits per heavy atom. The normalized spacial score (nSPS) is 15.0. The number of hydrogen-bond donors (Lipinski definition) is 2. The summed E-state index contributed by atoms with van der Waals surface area (Å²) in [6.07, 6.45) is 0. The van der Waals surface area contributed by atoms with Crippen molar-refractivity contribution < 1.29 is 4.90 Å². The lowest BCUT2D eigenvalue weighted by atomic mass is 10.2. The predicted molar refractivity (Wildman–Crippen MR) is 110 cm³/mol. The van der Waals surface area contributed by atoms with Crippen LogP contribution in [0.15, 0.2) is 70.3 Å². The number of aromatic nitrogens is 2. The summed E-state index contributed by atoms with van der Waals surface area (Å²) in [7, 11) is 0. The van der Waals surface area contributed by atoms with Crippen LogP contribution in [-0.2, 0) is 6.54 Å². The third-order valence-corrected chi connectivity index (χ3v) is 5.38. The summed E-state index contributed by atoms with van der Waals surface area (Å²) in [5.74, 6) is 0.610. The van der Waals surface area contributed by atoms with E-state index in [1.54, 1.807) is 6.07 Å². The number of nitrogens with one attached hydrogen (secondary N) is 2. The first-order valence-corrected chi connectivity index (χ1v) is 9.66. The van der Waals surface area contributed by atoms with E-state index in [0.717, 1.165) is 38.3 Å². The fourth-order valence-electron chi connectivity index (χ4n) is 3.82. The lowest BCUT2D eigenvalue weighted by Crippen LogP contribution is -3.13. The van der Waals surface area contributed by atoms with E-state index in [1.807, 2.05) is 31.2 Å². The molecule has 4 rings (SSSR count). The quantitative estimate of drug-likeness (QED) is 0.705. The van der Waals surface area contributed by atoms with E-state index in [4.69, 9.17) is 0 Å². The molecule has 1 fully saturated rings. The second-order valence-electron chi connectivity index (χ2n) is 7.32. The second kappa shape index (κ2) is 7.86. The van der Waals surface area contributed by atoms with Gasteiger partial charge in [0.2, 0.25) is 0 Å². The molecule has 0 radical (unpaired) electrons. The van der Waals surface area contributed by atoms with Crippen molar-refractivity contribution in [3.05, 3.63) is 92.6 Å². The van der Waals surface area contributed by atoms with Gasteiger partial charge in [-0.15, -0.1) is 0 Å². The number of H-pyrrole nitrogens is 1. The summed E-state index contributed by atoms with van der Waals surface area (Å²) in [5, 5.41) is 0. The second-order valence-corrected chi connectivity index (χ2v) is 7.32. The molecule has 1 aliphatic rings. The molecule has 0 saturated carbocycles. The Labute approximate surface area is 163 Å². The molecule has 6 heteroatoms. The smallest absolute Gasteiger partial charge is 0.334 e. The number of piperazine rings is 1. The van der Waals surface area contributed by atoms with Gasteiger partial charge in [0.1, 0.15) is 12.4 Å². The zero-order valence-electron chi connectivity index (χ0n) is 16.0. The van der Waals surface area contributed by atoms with Gasteiger partial charge in [-0.05, 0) is 18.6 Å². The molecule has 1 saturated heterocycles. The number of anilines is 1. The summed E-state index contributed by atoms with van der Waals surface area (Å²) in [6.45, 7) is 6.46. The highest BCUT2D eigenvalue weighted by molar-refractivity contribution is 5.43. The Bertz CT molecular complexity index is 1030. The maximum atomic E-state index is 12.7. The van der Waals surface area contributed by atoms with E-state index in [0.29, 0.717) is 11.5 Å². The van der Waals surface area contributed by atoms with Crippen LogP contribution in [0.25, 0.3) is 5.69 Å². The van der Waals surface area contributed by atoms with Crippen molar-refractivity contribution in [3.8, 4) is 5.69 Å². The zero-order valence-corrected chi connectivity index (χ0v) is 16.0. The number of aromatic amines is 1. The minimum absolute atomic E-state index is 0.299. The van der Waals surface area contributed by atoms with Gasteiger partial charge in [0.25, 0.3) is 5.56 Å². The van der Waals surface area contributed by atoms with Crippen LogP contribution in [0.4, 0.5) is 5.82 Å². The van der Waals surface area contributed by atoms with Crippen LogP contribution in [0.5, 0.6) is 0 Å². The maximum absolute atomic E-state index is 12.7. The molecule has 0 spiro atoms. The monoisotopic (exact) mass is 377 g/mol. The summed E-state index contributed by atoms with van der Waals surface area (Å²) < 4.78 is 1.20. The average Bonchev–Trinajstić information content (AvgIpc) is 2.70. The number of rotatable bonds is 4. The first-order valence-electron chi connectivity index (χ1n) is 9.66. The third-order valence-electron chi connectivity index (χ3n) is 5.38. The number of aryl methyl sites for hydroxylation is 1. The molecule has 3 aromatic rings. The fraction of sp³-hybridized carbons (Fsp3) is 0.273. The van der Waals surface area contributed by atoms with Crippen molar-refractivity contribution in [2.45, 2.75) is 13.5 Å². The van der Waals surface area contributed by atoms with Crippen LogP contribution < -0.4 is 21.0 Å². The van der Waals surface area contributed by atoms with E-state index >= 15 is 0 Å². The summed E-state index contributed by atoms with van der Waals surface area (Å²) in [6, 6.07) is 19.4. The molecule has 1 aliphatic heterocycles. The van der Waals surface area contributed by atoms with Crippen molar-refractivity contribution in [2.75, 3.05) is 31.1 Å². The van der Waals surface area contributed by atoms with Crippen molar-refractivity contribution in [1.29, 1.82) is 0 Å². The molecule has 144 valence electrons. The molecule has 28 heavy (non-hydrogen) atoms. The first kappa shape index (κ1) is 18.3. The van der Waals surface area contributed by atoms with Gasteiger partial charge in [0.05, 0.1) is 31.9 Å². The maximum Gasteiger partial charge on any atom is 0.334 e. The van der Waals surface area contributed by atoms with Crippen LogP contribution in [0.3, 0.4) is 0 Å². The van der Waals surface area contributed by atoms with E-state index in [-0.39, 0.29) is 5.56 Å². The largest absolute Gasteiger partial charge is 0.347 e. The number of benzene rings is 2. The summed E-state index contributed by atoms with van der Waals surface area (Å²) in [5.41, 5.74) is 2.15. The standard InChI is InChI=1S/C22H24N4O2/c1-17-7-5-6-10-19(17)26-21(27)15-20(23-22(26)28)25-13-11-24(12-14-25)16-18-8-3-2-4-9-18/h2-10,15H,11-14,16H2,1H3,(H,23,28)/p+1. The third kappa shape index (κ3) is 3.77. The fourth-order valence-corrected chi connectivity index (χ4v) is 3.82. The molecule has 2 aromatic carbocycles. The van der Waals surface area contributed by atoms with Gasteiger partial charge in [-0.2, -0.15) is 0 Å². The molecule has 2 N–H and O–H groups in total. The highest BCUT2D eigenvalue weighted by Gasteiger charge is 2.22. The van der Waals surface area contributed by atoms with E-state index in [2.05, 4.69) is 34.1 Å². The highest BCUT2D eigenvalue weighted by atomic mass is 16.2. The average molecular weight is 377 g/mol. The van der Waals surface area contributed by atoms with Gasteiger partial charge in [0.15, 0.2) is 0 Å². The van der Waals surface area contributed by atoms with Crippen molar-refractivity contribution in [1.82, 2.24) is 9.55 Å². The summed E-state index contributed by atoms with van der Waals surface area (Å²) >= 11 is 0. The lowest BCUT2D eigenvalue weighted by Gasteiger charge is -2.33. The van der Waals surface area contributed by atoms with Crippen LogP contribution in [-0.4, -0.2) is 35.7 Å². The highest BCUT2D eigenvalue weighted by Crippen LogP contribution is 2.11. The Morgan fingerprint density at radius 2 is 1.64 bits per heavy atom. The van der Waals surface area contributed by atoms with E-state index < -0.39 is 5.69 Å². The Balaban J connectivity index is 1.50. The van der Waals surface area contributed by atoms with Crippen LogP contribution in [0, 0.1) is 6.92 Å². The molecule has 0 atom stereocenters. The molecule has 0 amide bonds. The predicted octanol–water partition coefficient (Wildman–Crippen LogP) is 0.739. The minimum Gasteiger partial charge on any atom is -0.347 e. The van der Waals surface area contributed by atoms with Crippen molar-refractivity contribution in [2.24, 2.45) is 0 Å². The summed E-state index contributed by atoms with van der Waals surface area (Å²) in [4.78, 5) is 31.8. The Hall–Kier alpha value is -3.12. The molecule has 0 aliphatic carbocycles. The molecule has 6 nitrogen and oxygen atoms in total. The van der Waals surface area contributed by atoms with Gasteiger partial charge in [-0.1, -0.05) is 48.5 Å². The molecular formula is C22H25N4O2+. The van der Waals surface area contributed by atoms with Gasteiger partial charge in [-0.3, -0.25) is 9.78 Å². The van der Waals surface area contributed by atoms with Crippen molar-refractivity contribution >= 4 is 5.82 Å². The van der Waals surface area contributed by atoms with Gasteiger partial charge < -0.3 is 9.80 Å². The molecule has 0 bridgehead atoms. The van der Waals surface area contributed by atoms with Gasteiger partial charge >= 0.3 is 5.69 Å². The molecule has 1 aromatic heterocycles. The first-order chi connectivity index (χ1) is 13.6. The lowest BCUT2D eigenvalue weighted by molar-refractivity contribution is -0.914. The van der Waals surface area contributed by atoms with Crippen molar-refractivity contribution in [3.63, 3.8) is 0 Å². The molecular weight excluding hydrogens is 352 g/mol. The zero-order chi connectivity index (χ0) is 19.5. The van der Waals surface area contributed by atoms with Gasteiger partial charge in [-0.25, -0.2) is 9.36 Å². The Morgan fingerprint density at radius 3 is 2.32 bits per heavy atom. The van der Waals surface area contributed by atoms with Crippen LogP contribution in [0.1, 0.15) is 11.1 Å². The number of hydrogen-bond acceptors (Lipinski definition) is 3. The van der Waals surface area contributed by atoms with Crippen LogP contribution in [0.2, 0.25) is 0 Å². The number of quaternary nitrogens is 1. The number of para-hydroxylation sites is 1. The van der Waals surface area contributed by atoms with E-state index in [1.165, 1.54) is 21.1 Å². The Kier molecular flexibility index (Phi) is 5.12. The van der Waals surface area contributed by atoms with E-state index in [9.17, 15) is 9.59 Å².